The Morgan fingerprint density at radius 2 is 1.83 bits per heavy atom. The summed E-state index contributed by atoms with van der Waals surface area (Å²) in [5.74, 6) is -3.73. The van der Waals surface area contributed by atoms with Gasteiger partial charge in [0.1, 0.15) is 5.76 Å². The van der Waals surface area contributed by atoms with Crippen molar-refractivity contribution in [3.05, 3.63) is 71.0 Å². The lowest BCUT2D eigenvalue weighted by molar-refractivity contribution is -0.178. The Hall–Kier alpha value is -4.46. The van der Waals surface area contributed by atoms with Crippen LogP contribution in [0.2, 0.25) is 0 Å². The highest BCUT2D eigenvalue weighted by Gasteiger charge is 2.72. The molecule has 2 aromatic rings. The standard InChI is InChI=1S/C33H35NO12/c1-17(30(39)46-26(29(37)38)18-7-5-4-6-8-18)43-24(36)16-20(35)31(40)44-22-11-12-33(41)23-15-19-9-10-21(42-3)27-25(19)32(33,28(22)45-27)13-14-34(23)2/h4-11,17,20,23,26,28,35,41H,12-16H2,1-3H3,(H,37,38)/t17?,20?,23-,26+,28+,32+,33-/m1/s1. The average molecular weight is 638 g/mol. The molecule has 0 amide bonds. The van der Waals surface area contributed by atoms with Crippen LogP contribution in [-0.4, -0.2) is 94.8 Å². The highest BCUT2D eigenvalue weighted by Crippen LogP contribution is 2.65. The maximum atomic E-state index is 13.1. The van der Waals surface area contributed by atoms with Crippen LogP contribution in [0, 0.1) is 0 Å². The van der Waals surface area contributed by atoms with E-state index in [4.69, 9.17) is 23.7 Å². The summed E-state index contributed by atoms with van der Waals surface area (Å²) in [6.07, 6.45) is -3.98. The van der Waals surface area contributed by atoms with E-state index >= 15 is 0 Å². The first-order valence-electron chi connectivity index (χ1n) is 15.0. The van der Waals surface area contributed by atoms with Crippen LogP contribution < -0.4 is 9.47 Å². The molecular weight excluding hydrogens is 602 g/mol. The van der Waals surface area contributed by atoms with Crippen molar-refractivity contribution in [1.29, 1.82) is 0 Å². The summed E-state index contributed by atoms with van der Waals surface area (Å²) >= 11 is 0. The Morgan fingerprint density at radius 3 is 2.52 bits per heavy atom. The van der Waals surface area contributed by atoms with Crippen LogP contribution >= 0.6 is 0 Å². The molecule has 13 heteroatoms. The third-order valence-electron chi connectivity index (χ3n) is 9.61. The Bertz CT molecular complexity index is 1610. The second-order valence-electron chi connectivity index (χ2n) is 12.1. The smallest absolute Gasteiger partial charge is 0.349 e. The molecule has 13 nitrogen and oxygen atoms in total. The second kappa shape index (κ2) is 11.7. The number of carbonyl (C=O) groups excluding carboxylic acids is 3. The number of rotatable bonds is 10. The van der Waals surface area contributed by atoms with Crippen molar-refractivity contribution in [2.45, 2.75) is 74.1 Å². The topological polar surface area (TPSA) is 178 Å². The number of aliphatic hydroxyl groups excluding tert-OH is 1. The van der Waals surface area contributed by atoms with Gasteiger partial charge in [-0.25, -0.2) is 14.4 Å². The highest BCUT2D eigenvalue weighted by molar-refractivity contribution is 5.85. The lowest BCUT2D eigenvalue weighted by Gasteiger charge is -2.61. The summed E-state index contributed by atoms with van der Waals surface area (Å²) in [5.41, 5.74) is -0.0886. The molecule has 0 aromatic heterocycles. The fourth-order valence-corrected chi connectivity index (χ4v) is 7.41. The van der Waals surface area contributed by atoms with Crippen LogP contribution in [0.4, 0.5) is 0 Å². The van der Waals surface area contributed by atoms with E-state index in [-0.39, 0.29) is 23.8 Å². The number of aliphatic hydroxyl groups is 2. The van der Waals surface area contributed by atoms with E-state index in [1.54, 1.807) is 24.3 Å². The molecule has 1 fully saturated rings. The van der Waals surface area contributed by atoms with Crippen molar-refractivity contribution in [2.75, 3.05) is 20.7 Å². The number of carbonyl (C=O) groups is 4. The van der Waals surface area contributed by atoms with E-state index in [1.165, 1.54) is 26.2 Å². The van der Waals surface area contributed by atoms with E-state index < -0.39 is 65.7 Å². The zero-order valence-electron chi connectivity index (χ0n) is 25.5. The summed E-state index contributed by atoms with van der Waals surface area (Å²) in [7, 11) is 3.49. The zero-order valence-corrected chi connectivity index (χ0v) is 25.5. The van der Waals surface area contributed by atoms with Gasteiger partial charge in [0, 0.05) is 23.6 Å². The number of piperidine rings is 1. The van der Waals surface area contributed by atoms with E-state index in [2.05, 4.69) is 4.90 Å². The van der Waals surface area contributed by atoms with Gasteiger partial charge in [0.15, 0.2) is 29.8 Å². The zero-order chi connectivity index (χ0) is 33.0. The quantitative estimate of drug-likeness (QED) is 0.253. The second-order valence-corrected chi connectivity index (χ2v) is 12.1. The van der Waals surface area contributed by atoms with Crippen LogP contribution in [-0.2, 0) is 45.2 Å². The van der Waals surface area contributed by atoms with Crippen molar-refractivity contribution < 1.29 is 58.2 Å². The monoisotopic (exact) mass is 637 g/mol. The van der Waals surface area contributed by atoms with Gasteiger partial charge in [0.2, 0.25) is 6.10 Å². The van der Waals surface area contributed by atoms with Gasteiger partial charge < -0.3 is 43.9 Å². The number of nitrogens with zero attached hydrogens (tertiary/aromatic N) is 1. The maximum Gasteiger partial charge on any atom is 0.349 e. The van der Waals surface area contributed by atoms with Crippen molar-refractivity contribution in [2.24, 2.45) is 0 Å². The first-order valence-corrected chi connectivity index (χ1v) is 15.0. The molecule has 2 aliphatic heterocycles. The van der Waals surface area contributed by atoms with Crippen LogP contribution in [0.15, 0.2) is 54.3 Å². The number of likely N-dealkylation sites (tertiary alicyclic amines) is 1. The molecule has 244 valence electrons. The minimum atomic E-state index is -1.96. The van der Waals surface area contributed by atoms with Crippen LogP contribution in [0.3, 0.4) is 0 Å². The molecule has 6 rings (SSSR count). The molecule has 0 radical (unpaired) electrons. The van der Waals surface area contributed by atoms with Gasteiger partial charge in [-0.15, -0.1) is 0 Å². The fraction of sp³-hybridized carbons (Fsp3) is 0.455. The number of esters is 3. The van der Waals surface area contributed by atoms with Gasteiger partial charge in [-0.3, -0.25) is 4.79 Å². The molecule has 2 heterocycles. The first kappa shape index (κ1) is 31.5. The third kappa shape index (κ3) is 4.89. The number of likely N-dealkylation sites (N-methyl/N-ethyl adjacent to an activating group) is 1. The van der Waals surface area contributed by atoms with Gasteiger partial charge in [0.25, 0.3) is 0 Å². The number of carboxylic acids is 1. The summed E-state index contributed by atoms with van der Waals surface area (Å²) in [6.45, 7) is 1.84. The van der Waals surface area contributed by atoms with Crippen molar-refractivity contribution in [1.82, 2.24) is 4.90 Å². The number of hydrogen-bond acceptors (Lipinski definition) is 12. The predicted molar refractivity (Wildman–Crippen MR) is 157 cm³/mol. The molecule has 2 bridgehead atoms. The summed E-state index contributed by atoms with van der Waals surface area (Å²) in [4.78, 5) is 51.9. The van der Waals surface area contributed by atoms with Gasteiger partial charge >= 0.3 is 23.9 Å². The SMILES string of the molecule is COc1ccc2c3c1O[C@H]1C(OC(=O)C(O)CC(=O)OC(C)C(=O)O[C@H](C(=O)O)c4ccccc4)=CC[C@@]4(O)[C@@H](C2)N(C)CC[C@]314. The number of hydrogen-bond donors (Lipinski definition) is 3. The molecule has 1 saturated heterocycles. The highest BCUT2D eigenvalue weighted by atomic mass is 16.6. The lowest BCUT2D eigenvalue weighted by Crippen LogP contribution is -2.74. The van der Waals surface area contributed by atoms with E-state index in [1.807, 2.05) is 19.2 Å². The van der Waals surface area contributed by atoms with E-state index in [0.717, 1.165) is 11.1 Å². The van der Waals surface area contributed by atoms with Crippen LogP contribution in [0.25, 0.3) is 0 Å². The summed E-state index contributed by atoms with van der Waals surface area (Å²) in [5, 5.41) is 32.4. The maximum absolute atomic E-state index is 13.1. The summed E-state index contributed by atoms with van der Waals surface area (Å²) < 4.78 is 27.7. The number of ether oxygens (including phenoxy) is 5. The Kier molecular flexibility index (Phi) is 8.03. The number of methoxy groups -OCH3 is 1. The van der Waals surface area contributed by atoms with Crippen molar-refractivity contribution in [3.8, 4) is 11.5 Å². The summed E-state index contributed by atoms with van der Waals surface area (Å²) in [6, 6.07) is 11.3. The Morgan fingerprint density at radius 1 is 1.09 bits per heavy atom. The molecule has 7 atom stereocenters. The molecule has 2 aliphatic carbocycles. The number of carboxylic acid groups (broad SMARTS) is 1. The van der Waals surface area contributed by atoms with Crippen LogP contribution in [0.5, 0.6) is 11.5 Å². The average Bonchev–Trinajstić information content (AvgIpc) is 3.39. The molecule has 2 unspecified atom stereocenters. The molecule has 2 aromatic carbocycles. The van der Waals surface area contributed by atoms with Gasteiger partial charge in [-0.05, 0) is 51.1 Å². The molecular formula is C33H35NO12. The molecule has 4 aliphatic rings. The predicted octanol–water partition coefficient (Wildman–Crippen LogP) is 1.57. The van der Waals surface area contributed by atoms with E-state index in [9.17, 15) is 34.5 Å². The van der Waals surface area contributed by atoms with Gasteiger partial charge in [-0.1, -0.05) is 36.4 Å². The lowest BCUT2D eigenvalue weighted by atomic mass is 9.50. The normalized spacial score (nSPS) is 27.5. The molecule has 0 saturated carbocycles. The molecule has 1 spiro atoms. The first-order chi connectivity index (χ1) is 21.9. The van der Waals surface area contributed by atoms with Crippen molar-refractivity contribution in [3.63, 3.8) is 0 Å². The Labute approximate surface area is 264 Å². The van der Waals surface area contributed by atoms with Crippen LogP contribution in [0.1, 0.15) is 49.0 Å². The third-order valence-corrected chi connectivity index (χ3v) is 9.61. The van der Waals surface area contributed by atoms with E-state index in [0.29, 0.717) is 30.9 Å². The van der Waals surface area contributed by atoms with Gasteiger partial charge in [-0.2, -0.15) is 0 Å². The fourth-order valence-electron chi connectivity index (χ4n) is 7.41. The van der Waals surface area contributed by atoms with Crippen molar-refractivity contribution >= 4 is 23.9 Å². The largest absolute Gasteiger partial charge is 0.493 e. The molecule has 46 heavy (non-hydrogen) atoms. The minimum Gasteiger partial charge on any atom is -0.493 e. The number of aliphatic carboxylic acids is 1. The number of benzene rings is 2. The minimum absolute atomic E-state index is 0.106. The Balaban J connectivity index is 1.13. The molecule has 3 N–H and O–H groups in total. The van der Waals surface area contributed by atoms with Gasteiger partial charge in [0.05, 0.1) is 24.5 Å².